The SMILES string of the molecule is CC1CCC(NC(=O)Cc2cccc(Br)c2)(C(=O)O)CC1. The summed E-state index contributed by atoms with van der Waals surface area (Å²) in [6.07, 6.45) is 2.89. The molecular formula is C16H20BrNO3. The van der Waals surface area contributed by atoms with Gasteiger partial charge in [-0.25, -0.2) is 4.79 Å². The predicted molar refractivity (Wildman–Crippen MR) is 84.0 cm³/mol. The van der Waals surface area contributed by atoms with Crippen LogP contribution in [0.2, 0.25) is 0 Å². The fraction of sp³-hybridized carbons (Fsp3) is 0.500. The Balaban J connectivity index is 2.04. The second-order valence-corrected chi connectivity index (χ2v) is 6.84. The second-order valence-electron chi connectivity index (χ2n) is 5.92. The molecule has 5 heteroatoms. The average molecular weight is 354 g/mol. The fourth-order valence-corrected chi connectivity index (χ4v) is 3.24. The van der Waals surface area contributed by atoms with E-state index >= 15 is 0 Å². The van der Waals surface area contributed by atoms with Crippen molar-refractivity contribution in [2.24, 2.45) is 5.92 Å². The van der Waals surface area contributed by atoms with Crippen LogP contribution in [0.25, 0.3) is 0 Å². The van der Waals surface area contributed by atoms with Gasteiger partial charge in [-0.2, -0.15) is 0 Å². The van der Waals surface area contributed by atoms with Crippen molar-refractivity contribution in [1.29, 1.82) is 0 Å². The normalized spacial score (nSPS) is 25.3. The highest BCUT2D eigenvalue weighted by Crippen LogP contribution is 2.32. The molecule has 0 aliphatic heterocycles. The van der Waals surface area contributed by atoms with Crippen LogP contribution >= 0.6 is 15.9 Å². The molecule has 4 nitrogen and oxygen atoms in total. The maximum atomic E-state index is 12.2. The highest BCUT2D eigenvalue weighted by molar-refractivity contribution is 9.10. The zero-order valence-corrected chi connectivity index (χ0v) is 13.6. The number of carbonyl (C=O) groups excluding carboxylic acids is 1. The van der Waals surface area contributed by atoms with E-state index in [1.54, 1.807) is 0 Å². The molecule has 1 aliphatic rings. The number of nitrogens with one attached hydrogen (secondary N) is 1. The Morgan fingerprint density at radius 1 is 1.38 bits per heavy atom. The molecule has 1 saturated carbocycles. The van der Waals surface area contributed by atoms with E-state index in [4.69, 9.17) is 0 Å². The molecule has 0 radical (unpaired) electrons. The van der Waals surface area contributed by atoms with Crippen molar-refractivity contribution < 1.29 is 14.7 Å². The van der Waals surface area contributed by atoms with Gasteiger partial charge in [0.1, 0.15) is 5.54 Å². The smallest absolute Gasteiger partial charge is 0.329 e. The number of aliphatic carboxylic acids is 1. The molecule has 0 saturated heterocycles. The topological polar surface area (TPSA) is 66.4 Å². The van der Waals surface area contributed by atoms with Crippen LogP contribution in [0.4, 0.5) is 0 Å². The van der Waals surface area contributed by atoms with Crippen molar-refractivity contribution in [3.8, 4) is 0 Å². The van der Waals surface area contributed by atoms with Gasteiger partial charge >= 0.3 is 5.97 Å². The summed E-state index contributed by atoms with van der Waals surface area (Å²) in [6, 6.07) is 7.49. The number of benzene rings is 1. The summed E-state index contributed by atoms with van der Waals surface area (Å²) in [5.74, 6) is -0.624. The zero-order valence-electron chi connectivity index (χ0n) is 12.1. The molecule has 2 N–H and O–H groups in total. The van der Waals surface area contributed by atoms with Crippen molar-refractivity contribution >= 4 is 27.8 Å². The molecule has 0 unspecified atom stereocenters. The lowest BCUT2D eigenvalue weighted by Crippen LogP contribution is -2.56. The predicted octanol–water partition coefficient (Wildman–Crippen LogP) is 3.14. The number of carbonyl (C=O) groups is 2. The minimum absolute atomic E-state index is 0.198. The summed E-state index contributed by atoms with van der Waals surface area (Å²) in [7, 11) is 0. The van der Waals surface area contributed by atoms with Gasteiger partial charge in [0.05, 0.1) is 6.42 Å². The molecule has 1 aliphatic carbocycles. The Kier molecular flexibility index (Phi) is 5.04. The number of amides is 1. The van der Waals surface area contributed by atoms with Crippen molar-refractivity contribution in [2.45, 2.75) is 44.6 Å². The first-order chi connectivity index (χ1) is 9.91. The van der Waals surface area contributed by atoms with Crippen LogP contribution in [0.3, 0.4) is 0 Å². The van der Waals surface area contributed by atoms with Crippen molar-refractivity contribution in [3.63, 3.8) is 0 Å². The summed E-state index contributed by atoms with van der Waals surface area (Å²) in [5, 5.41) is 12.3. The van der Waals surface area contributed by atoms with Gasteiger partial charge in [0.25, 0.3) is 0 Å². The summed E-state index contributed by atoms with van der Waals surface area (Å²) in [4.78, 5) is 23.8. The maximum absolute atomic E-state index is 12.2. The van der Waals surface area contributed by atoms with Crippen molar-refractivity contribution in [2.75, 3.05) is 0 Å². The number of rotatable bonds is 4. The minimum Gasteiger partial charge on any atom is -0.480 e. The van der Waals surface area contributed by atoms with Crippen LogP contribution in [-0.2, 0) is 16.0 Å². The molecule has 1 aromatic rings. The highest BCUT2D eigenvalue weighted by atomic mass is 79.9. The molecule has 2 rings (SSSR count). The van der Waals surface area contributed by atoms with E-state index in [2.05, 4.69) is 28.2 Å². The van der Waals surface area contributed by atoms with Gasteiger partial charge in [0.15, 0.2) is 0 Å². The second kappa shape index (κ2) is 6.60. The number of hydrogen-bond acceptors (Lipinski definition) is 2. The van der Waals surface area contributed by atoms with Gasteiger partial charge in [-0.3, -0.25) is 4.79 Å². The van der Waals surface area contributed by atoms with Gasteiger partial charge in [-0.05, 0) is 49.3 Å². The molecule has 0 atom stereocenters. The van der Waals surface area contributed by atoms with Gasteiger partial charge in [-0.1, -0.05) is 35.0 Å². The third-order valence-electron chi connectivity index (χ3n) is 4.17. The van der Waals surface area contributed by atoms with E-state index < -0.39 is 11.5 Å². The van der Waals surface area contributed by atoms with Gasteiger partial charge < -0.3 is 10.4 Å². The Bertz CT molecular complexity index is 536. The lowest BCUT2D eigenvalue weighted by molar-refractivity contribution is -0.149. The minimum atomic E-state index is -1.09. The molecular weight excluding hydrogens is 334 g/mol. The fourth-order valence-electron chi connectivity index (χ4n) is 2.79. The zero-order chi connectivity index (χ0) is 15.5. The highest BCUT2D eigenvalue weighted by Gasteiger charge is 2.42. The first kappa shape index (κ1) is 16.0. The van der Waals surface area contributed by atoms with Gasteiger partial charge in [0.2, 0.25) is 5.91 Å². The lowest BCUT2D eigenvalue weighted by Gasteiger charge is -2.36. The summed E-state index contributed by atoms with van der Waals surface area (Å²) in [6.45, 7) is 2.12. The third-order valence-corrected chi connectivity index (χ3v) is 4.66. The van der Waals surface area contributed by atoms with E-state index in [1.807, 2.05) is 24.3 Å². The quantitative estimate of drug-likeness (QED) is 0.873. The largest absolute Gasteiger partial charge is 0.480 e. The molecule has 0 bridgehead atoms. The van der Waals surface area contributed by atoms with E-state index in [0.717, 1.165) is 22.9 Å². The number of halogens is 1. The lowest BCUT2D eigenvalue weighted by atomic mass is 9.77. The Labute approximate surface area is 133 Å². The van der Waals surface area contributed by atoms with Crippen molar-refractivity contribution in [1.82, 2.24) is 5.32 Å². The Morgan fingerprint density at radius 3 is 2.62 bits per heavy atom. The Morgan fingerprint density at radius 2 is 2.05 bits per heavy atom. The average Bonchev–Trinajstić information content (AvgIpc) is 2.41. The molecule has 1 fully saturated rings. The monoisotopic (exact) mass is 353 g/mol. The van der Waals surface area contributed by atoms with Crippen LogP contribution in [0.5, 0.6) is 0 Å². The summed E-state index contributed by atoms with van der Waals surface area (Å²) < 4.78 is 0.909. The van der Waals surface area contributed by atoms with Crippen LogP contribution in [0.15, 0.2) is 28.7 Å². The van der Waals surface area contributed by atoms with E-state index in [1.165, 1.54) is 0 Å². The third kappa shape index (κ3) is 4.06. The molecule has 0 aromatic heterocycles. The Hall–Kier alpha value is -1.36. The summed E-state index contributed by atoms with van der Waals surface area (Å²) in [5.41, 5.74) is -0.220. The molecule has 21 heavy (non-hydrogen) atoms. The maximum Gasteiger partial charge on any atom is 0.329 e. The molecule has 0 heterocycles. The first-order valence-electron chi connectivity index (χ1n) is 7.20. The van der Waals surface area contributed by atoms with Gasteiger partial charge in [-0.15, -0.1) is 0 Å². The molecule has 1 amide bonds. The van der Waals surface area contributed by atoms with Crippen LogP contribution in [0, 0.1) is 5.92 Å². The van der Waals surface area contributed by atoms with Crippen molar-refractivity contribution in [3.05, 3.63) is 34.3 Å². The van der Waals surface area contributed by atoms with Crippen LogP contribution < -0.4 is 5.32 Å². The molecule has 114 valence electrons. The molecule has 1 aromatic carbocycles. The van der Waals surface area contributed by atoms with E-state index in [0.29, 0.717) is 18.8 Å². The number of carboxylic acids is 1. The first-order valence-corrected chi connectivity index (χ1v) is 7.99. The standard InChI is InChI=1S/C16H20BrNO3/c1-11-5-7-16(8-6-11,15(20)21)18-14(19)10-12-3-2-4-13(17)9-12/h2-4,9,11H,5-8,10H2,1H3,(H,18,19)(H,20,21). The van der Waals surface area contributed by atoms with E-state index in [9.17, 15) is 14.7 Å². The molecule has 0 spiro atoms. The number of hydrogen-bond donors (Lipinski definition) is 2. The van der Waals surface area contributed by atoms with E-state index in [-0.39, 0.29) is 12.3 Å². The van der Waals surface area contributed by atoms with Gasteiger partial charge in [0, 0.05) is 4.47 Å². The summed E-state index contributed by atoms with van der Waals surface area (Å²) >= 11 is 3.37. The van der Waals surface area contributed by atoms with Crippen LogP contribution in [-0.4, -0.2) is 22.5 Å². The van der Waals surface area contributed by atoms with Crippen LogP contribution in [0.1, 0.15) is 38.2 Å². The number of carboxylic acid groups (broad SMARTS) is 1.